The summed E-state index contributed by atoms with van der Waals surface area (Å²) in [6.45, 7) is 0. The largest absolute Gasteiger partial charge is 0.490 e. The Labute approximate surface area is 173 Å². The minimum Gasteiger partial charge on any atom is -0.490 e. The van der Waals surface area contributed by atoms with Crippen LogP contribution in [0.15, 0.2) is 47.5 Å². The van der Waals surface area contributed by atoms with Crippen LogP contribution >= 0.6 is 23.2 Å². The lowest BCUT2D eigenvalue weighted by atomic mass is 10.2. The zero-order valence-electron chi connectivity index (χ0n) is 14.8. The van der Waals surface area contributed by atoms with Gasteiger partial charge >= 0.3 is 0 Å². The number of fused-ring (bicyclic) bond motifs is 2. The van der Waals surface area contributed by atoms with E-state index < -0.39 is 10.0 Å². The van der Waals surface area contributed by atoms with Gasteiger partial charge < -0.3 is 9.72 Å². The number of hydrogen-bond acceptors (Lipinski definition) is 3. The van der Waals surface area contributed by atoms with Gasteiger partial charge in [-0.1, -0.05) is 29.3 Å². The average Bonchev–Trinajstić information content (AvgIpc) is 3.07. The lowest BCUT2D eigenvalue weighted by molar-refractivity contribution is 0.194. The van der Waals surface area contributed by atoms with Crippen LogP contribution in [0, 0.1) is 11.8 Å². The molecule has 0 aliphatic heterocycles. The molecule has 5 rings (SSSR count). The predicted octanol–water partition coefficient (Wildman–Crippen LogP) is 5.45. The monoisotopic (exact) mass is 436 g/mol. The Morgan fingerprint density at radius 2 is 1.82 bits per heavy atom. The number of sulfonamides is 1. The third kappa shape index (κ3) is 3.23. The van der Waals surface area contributed by atoms with E-state index in [1.807, 2.05) is 0 Å². The number of aromatic nitrogens is 1. The maximum Gasteiger partial charge on any atom is 0.262 e. The molecule has 2 aromatic carbocycles. The number of aromatic amines is 1. The molecule has 2 aliphatic rings. The molecule has 0 amide bonds. The first-order valence-electron chi connectivity index (χ1n) is 9.15. The summed E-state index contributed by atoms with van der Waals surface area (Å²) in [7, 11) is -3.80. The molecule has 1 aromatic heterocycles. The van der Waals surface area contributed by atoms with E-state index in [9.17, 15) is 8.42 Å². The summed E-state index contributed by atoms with van der Waals surface area (Å²) >= 11 is 12.3. The van der Waals surface area contributed by atoms with E-state index in [1.165, 1.54) is 6.42 Å². The summed E-state index contributed by atoms with van der Waals surface area (Å²) in [6, 6.07) is 9.85. The smallest absolute Gasteiger partial charge is 0.262 e. The maximum absolute atomic E-state index is 12.9. The topological polar surface area (TPSA) is 71.2 Å². The van der Waals surface area contributed by atoms with Crippen LogP contribution in [0.4, 0.5) is 5.69 Å². The van der Waals surface area contributed by atoms with Crippen molar-refractivity contribution in [3.63, 3.8) is 0 Å². The minimum atomic E-state index is -3.80. The summed E-state index contributed by atoms with van der Waals surface area (Å²) in [5.41, 5.74) is 0.923. The quantitative estimate of drug-likeness (QED) is 0.558. The van der Waals surface area contributed by atoms with Crippen molar-refractivity contribution in [3.05, 3.63) is 52.6 Å². The van der Waals surface area contributed by atoms with Crippen molar-refractivity contribution < 1.29 is 13.2 Å². The lowest BCUT2D eigenvalue weighted by Gasteiger charge is -2.16. The summed E-state index contributed by atoms with van der Waals surface area (Å²) in [6.07, 6.45) is 5.21. The first kappa shape index (κ1) is 18.2. The first-order chi connectivity index (χ1) is 13.4. The van der Waals surface area contributed by atoms with Crippen molar-refractivity contribution in [2.24, 2.45) is 11.8 Å². The molecule has 3 atom stereocenters. The van der Waals surface area contributed by atoms with Gasteiger partial charge in [0.05, 0.1) is 32.2 Å². The molecule has 3 aromatic rings. The van der Waals surface area contributed by atoms with Crippen LogP contribution in [0.1, 0.15) is 19.3 Å². The Hall–Kier alpha value is -1.89. The van der Waals surface area contributed by atoms with Gasteiger partial charge in [-0.3, -0.25) is 4.72 Å². The molecule has 28 heavy (non-hydrogen) atoms. The van der Waals surface area contributed by atoms with E-state index >= 15 is 0 Å². The van der Waals surface area contributed by atoms with Crippen molar-refractivity contribution in [3.8, 4) is 5.75 Å². The van der Waals surface area contributed by atoms with Gasteiger partial charge in [-0.2, -0.15) is 0 Å². The van der Waals surface area contributed by atoms with E-state index in [-0.39, 0.29) is 11.0 Å². The van der Waals surface area contributed by atoms with Gasteiger partial charge in [0.1, 0.15) is 5.75 Å². The SMILES string of the molecule is O=S(=O)(Nc1ccc(Cl)c2c(Cl)c[nH]c12)c1cccc(OC2C[C@@H]3C[C@@H]3C2)c1. The van der Waals surface area contributed by atoms with E-state index in [2.05, 4.69) is 9.71 Å². The summed E-state index contributed by atoms with van der Waals surface area (Å²) < 4.78 is 34.5. The number of nitrogens with one attached hydrogen (secondary N) is 2. The molecular weight excluding hydrogens is 419 g/mol. The second-order valence-electron chi connectivity index (χ2n) is 7.53. The fraction of sp³-hybridized carbons (Fsp3) is 0.300. The Kier molecular flexibility index (Phi) is 4.27. The summed E-state index contributed by atoms with van der Waals surface area (Å²) in [5, 5.41) is 1.47. The Morgan fingerprint density at radius 1 is 1.04 bits per heavy atom. The normalized spacial score (nSPS) is 23.6. The molecule has 2 aliphatic carbocycles. The van der Waals surface area contributed by atoms with Crippen LogP contribution in [0.25, 0.3) is 10.9 Å². The number of benzene rings is 2. The van der Waals surface area contributed by atoms with Crippen molar-refractivity contribution in [1.82, 2.24) is 4.98 Å². The highest BCUT2D eigenvalue weighted by molar-refractivity contribution is 7.92. The molecule has 0 bridgehead atoms. The molecule has 0 spiro atoms. The Balaban J connectivity index is 1.41. The fourth-order valence-corrected chi connectivity index (χ4v) is 5.78. The fourth-order valence-electron chi connectivity index (χ4n) is 4.12. The van der Waals surface area contributed by atoms with Gasteiger partial charge in [-0.05, 0) is 55.4 Å². The molecule has 1 unspecified atom stereocenters. The zero-order chi connectivity index (χ0) is 19.5. The second kappa shape index (κ2) is 6.58. The molecule has 1 heterocycles. The van der Waals surface area contributed by atoms with Crippen LogP contribution in [-0.2, 0) is 10.0 Å². The molecule has 0 saturated heterocycles. The standard InChI is InChI=1S/C20H18Cl2N2O3S/c21-16-4-5-18(20-19(16)17(22)10-23-20)24-28(25,26)15-3-1-2-13(9-15)27-14-7-11-6-12(11)8-14/h1-5,9-12,14,23-24H,6-8H2/t11-,12+,14?. The van der Waals surface area contributed by atoms with E-state index in [1.54, 1.807) is 42.6 Å². The number of halogens is 2. The van der Waals surface area contributed by atoms with Crippen molar-refractivity contribution in [2.75, 3.05) is 4.72 Å². The van der Waals surface area contributed by atoms with Gasteiger partial charge in [0, 0.05) is 17.6 Å². The molecule has 5 nitrogen and oxygen atoms in total. The number of hydrogen-bond donors (Lipinski definition) is 2. The third-order valence-corrected chi connectivity index (χ3v) is 7.58. The van der Waals surface area contributed by atoms with E-state index in [0.29, 0.717) is 32.4 Å². The van der Waals surface area contributed by atoms with Crippen LogP contribution < -0.4 is 9.46 Å². The number of rotatable bonds is 5. The summed E-state index contributed by atoms with van der Waals surface area (Å²) in [4.78, 5) is 3.12. The van der Waals surface area contributed by atoms with Crippen molar-refractivity contribution >= 4 is 49.8 Å². The van der Waals surface area contributed by atoms with Gasteiger partial charge in [-0.15, -0.1) is 0 Å². The molecular formula is C20H18Cl2N2O3S. The van der Waals surface area contributed by atoms with Crippen LogP contribution in [0.3, 0.4) is 0 Å². The molecule has 2 N–H and O–H groups in total. The zero-order valence-corrected chi connectivity index (χ0v) is 17.1. The lowest BCUT2D eigenvalue weighted by Crippen LogP contribution is -2.15. The predicted molar refractivity (Wildman–Crippen MR) is 111 cm³/mol. The van der Waals surface area contributed by atoms with E-state index in [0.717, 1.165) is 24.7 Å². The second-order valence-corrected chi connectivity index (χ2v) is 10.0. The number of ether oxygens (including phenoxy) is 1. The maximum atomic E-state index is 12.9. The highest BCUT2D eigenvalue weighted by Crippen LogP contribution is 2.52. The molecule has 2 saturated carbocycles. The highest BCUT2D eigenvalue weighted by atomic mass is 35.5. The van der Waals surface area contributed by atoms with E-state index in [4.69, 9.17) is 27.9 Å². The molecule has 146 valence electrons. The van der Waals surface area contributed by atoms with Crippen molar-refractivity contribution in [2.45, 2.75) is 30.3 Å². The third-order valence-electron chi connectivity index (χ3n) is 5.60. The highest BCUT2D eigenvalue weighted by Gasteiger charge is 2.46. The average molecular weight is 437 g/mol. The van der Waals surface area contributed by atoms with Crippen LogP contribution in [0.5, 0.6) is 5.75 Å². The first-order valence-corrected chi connectivity index (χ1v) is 11.4. The molecule has 8 heteroatoms. The Morgan fingerprint density at radius 3 is 2.61 bits per heavy atom. The number of H-pyrrole nitrogens is 1. The minimum absolute atomic E-state index is 0.147. The van der Waals surface area contributed by atoms with Crippen LogP contribution in [-0.4, -0.2) is 19.5 Å². The Bertz CT molecular complexity index is 1170. The van der Waals surface area contributed by atoms with Gasteiger partial charge in [0.2, 0.25) is 0 Å². The van der Waals surface area contributed by atoms with Crippen LogP contribution in [0.2, 0.25) is 10.0 Å². The van der Waals surface area contributed by atoms with Gasteiger partial charge in [0.25, 0.3) is 10.0 Å². The van der Waals surface area contributed by atoms with Gasteiger partial charge in [-0.25, -0.2) is 8.42 Å². The van der Waals surface area contributed by atoms with Crippen molar-refractivity contribution in [1.29, 1.82) is 0 Å². The molecule has 0 radical (unpaired) electrons. The number of anilines is 1. The van der Waals surface area contributed by atoms with Gasteiger partial charge in [0.15, 0.2) is 0 Å². The summed E-state index contributed by atoms with van der Waals surface area (Å²) in [5.74, 6) is 2.19. The molecule has 2 fully saturated rings.